The van der Waals surface area contributed by atoms with Gasteiger partial charge in [-0.05, 0) is 6.07 Å². The quantitative estimate of drug-likeness (QED) is 0.660. The summed E-state index contributed by atoms with van der Waals surface area (Å²) in [6, 6.07) is 4.30. The minimum atomic E-state index is -0.562. The highest BCUT2D eigenvalue weighted by Gasteiger charge is 2.23. The van der Waals surface area contributed by atoms with Crippen LogP contribution in [0.25, 0.3) is 11.5 Å². The first-order chi connectivity index (χ1) is 8.13. The summed E-state index contributed by atoms with van der Waals surface area (Å²) in [4.78, 5) is 10.3. The Labute approximate surface area is 100 Å². The minimum Gasteiger partial charge on any atom is -0.419 e. The van der Waals surface area contributed by atoms with E-state index in [2.05, 4.69) is 10.2 Å². The third-order valence-corrected chi connectivity index (χ3v) is 2.36. The molecule has 17 heavy (non-hydrogen) atoms. The van der Waals surface area contributed by atoms with E-state index in [0.717, 1.165) is 0 Å². The van der Waals surface area contributed by atoms with Crippen LogP contribution in [0.4, 0.5) is 5.69 Å². The van der Waals surface area contributed by atoms with Gasteiger partial charge >= 0.3 is 0 Å². The second-order valence-electron chi connectivity index (χ2n) is 3.10. The van der Waals surface area contributed by atoms with E-state index in [-0.39, 0.29) is 34.6 Å². The Bertz CT molecular complexity index is 569. The topological polar surface area (TPSA) is 108 Å². The Kier molecular flexibility index (Phi) is 3.03. The van der Waals surface area contributed by atoms with Crippen LogP contribution in [-0.2, 0) is 6.54 Å². The molecular formula is C9H7ClN4O3. The molecule has 2 aromatic rings. The number of rotatable bonds is 3. The van der Waals surface area contributed by atoms with Crippen LogP contribution in [0, 0.1) is 10.1 Å². The van der Waals surface area contributed by atoms with Gasteiger partial charge in [-0.15, -0.1) is 10.2 Å². The first-order valence-electron chi connectivity index (χ1n) is 4.59. The molecule has 0 aliphatic carbocycles. The number of halogens is 1. The largest absolute Gasteiger partial charge is 0.419 e. The monoisotopic (exact) mass is 254 g/mol. The van der Waals surface area contributed by atoms with Gasteiger partial charge < -0.3 is 10.2 Å². The highest BCUT2D eigenvalue weighted by atomic mass is 35.5. The van der Waals surface area contributed by atoms with Gasteiger partial charge in [0, 0.05) is 6.07 Å². The molecule has 8 heteroatoms. The Balaban J connectivity index is 2.61. The number of aromatic nitrogens is 2. The van der Waals surface area contributed by atoms with Crippen LogP contribution < -0.4 is 5.73 Å². The Morgan fingerprint density at radius 1 is 1.47 bits per heavy atom. The average Bonchev–Trinajstić information content (AvgIpc) is 2.76. The molecule has 0 amide bonds. The summed E-state index contributed by atoms with van der Waals surface area (Å²) >= 11 is 5.90. The third kappa shape index (κ3) is 2.10. The van der Waals surface area contributed by atoms with E-state index < -0.39 is 4.92 Å². The van der Waals surface area contributed by atoms with E-state index in [4.69, 9.17) is 21.8 Å². The summed E-state index contributed by atoms with van der Waals surface area (Å²) < 4.78 is 5.15. The van der Waals surface area contributed by atoms with Crippen molar-refractivity contribution in [1.82, 2.24) is 10.2 Å². The van der Waals surface area contributed by atoms with Gasteiger partial charge in [0.15, 0.2) is 0 Å². The van der Waals surface area contributed by atoms with Crippen LogP contribution >= 0.6 is 11.6 Å². The zero-order chi connectivity index (χ0) is 12.4. The number of nitrogens with two attached hydrogens (primary N) is 1. The van der Waals surface area contributed by atoms with Gasteiger partial charge in [-0.1, -0.05) is 17.7 Å². The van der Waals surface area contributed by atoms with Crippen molar-refractivity contribution in [3.63, 3.8) is 0 Å². The van der Waals surface area contributed by atoms with Crippen molar-refractivity contribution in [2.45, 2.75) is 6.54 Å². The van der Waals surface area contributed by atoms with Crippen molar-refractivity contribution in [3.8, 4) is 11.5 Å². The highest BCUT2D eigenvalue weighted by Crippen LogP contribution is 2.35. The Morgan fingerprint density at radius 2 is 2.24 bits per heavy atom. The summed E-state index contributed by atoms with van der Waals surface area (Å²) in [6.07, 6.45) is 0. The van der Waals surface area contributed by atoms with E-state index >= 15 is 0 Å². The normalized spacial score (nSPS) is 10.5. The zero-order valence-electron chi connectivity index (χ0n) is 8.46. The molecular weight excluding hydrogens is 248 g/mol. The average molecular weight is 255 g/mol. The molecule has 0 atom stereocenters. The van der Waals surface area contributed by atoms with Crippen molar-refractivity contribution >= 4 is 17.3 Å². The van der Waals surface area contributed by atoms with E-state index in [0.29, 0.717) is 0 Å². The van der Waals surface area contributed by atoms with Crippen molar-refractivity contribution in [1.29, 1.82) is 0 Å². The molecule has 1 heterocycles. The van der Waals surface area contributed by atoms with Crippen molar-refractivity contribution in [2.24, 2.45) is 5.73 Å². The number of hydrogen-bond acceptors (Lipinski definition) is 6. The molecule has 2 N–H and O–H groups in total. The van der Waals surface area contributed by atoms with Gasteiger partial charge in [-0.3, -0.25) is 10.1 Å². The molecule has 1 aromatic carbocycles. The Morgan fingerprint density at radius 3 is 2.82 bits per heavy atom. The van der Waals surface area contributed by atoms with Crippen LogP contribution in [0.2, 0.25) is 5.02 Å². The van der Waals surface area contributed by atoms with Crippen molar-refractivity contribution in [3.05, 3.63) is 39.2 Å². The fraction of sp³-hybridized carbons (Fsp3) is 0.111. The summed E-state index contributed by atoms with van der Waals surface area (Å²) in [5.74, 6) is 0.178. The lowest BCUT2D eigenvalue weighted by Crippen LogP contribution is -1.95. The second kappa shape index (κ2) is 4.48. The van der Waals surface area contributed by atoms with Crippen LogP contribution in [-0.4, -0.2) is 15.1 Å². The summed E-state index contributed by atoms with van der Waals surface area (Å²) in [5, 5.41) is 18.3. The molecule has 2 rings (SSSR count). The fourth-order valence-electron chi connectivity index (χ4n) is 1.31. The maximum absolute atomic E-state index is 10.9. The van der Waals surface area contributed by atoms with Crippen molar-refractivity contribution in [2.75, 3.05) is 0 Å². The van der Waals surface area contributed by atoms with Crippen LogP contribution in [0.3, 0.4) is 0 Å². The van der Waals surface area contributed by atoms with Gasteiger partial charge in [-0.25, -0.2) is 0 Å². The molecule has 7 nitrogen and oxygen atoms in total. The molecule has 0 unspecified atom stereocenters. The van der Waals surface area contributed by atoms with Crippen LogP contribution in [0.15, 0.2) is 22.6 Å². The fourth-order valence-corrected chi connectivity index (χ4v) is 1.56. The smallest absolute Gasteiger partial charge is 0.283 e. The number of nitrogens with zero attached hydrogens (tertiary/aromatic N) is 3. The summed E-state index contributed by atoms with van der Waals surface area (Å²) in [6.45, 7) is 0.0608. The van der Waals surface area contributed by atoms with E-state index in [9.17, 15) is 10.1 Å². The maximum atomic E-state index is 10.9. The van der Waals surface area contributed by atoms with Gasteiger partial charge in [0.25, 0.3) is 11.6 Å². The standard InChI is InChI=1S/C9H7ClN4O3/c10-5-2-1-3-6(14(15)16)8(5)9-13-12-7(4-11)17-9/h1-3H,4,11H2. The summed E-state index contributed by atoms with van der Waals surface area (Å²) in [5.41, 5.74) is 5.23. The van der Waals surface area contributed by atoms with Gasteiger partial charge in [0.2, 0.25) is 5.89 Å². The minimum absolute atomic E-state index is 0.0113. The lowest BCUT2D eigenvalue weighted by atomic mass is 10.2. The third-order valence-electron chi connectivity index (χ3n) is 2.04. The molecule has 0 spiro atoms. The van der Waals surface area contributed by atoms with E-state index in [1.54, 1.807) is 0 Å². The Hall–Kier alpha value is -1.99. The van der Waals surface area contributed by atoms with E-state index in [1.807, 2.05) is 0 Å². The van der Waals surface area contributed by atoms with Crippen LogP contribution in [0.1, 0.15) is 5.89 Å². The molecule has 0 saturated heterocycles. The van der Waals surface area contributed by atoms with E-state index in [1.165, 1.54) is 18.2 Å². The predicted octanol–water partition coefficient (Wildman–Crippen LogP) is 1.76. The summed E-state index contributed by atoms with van der Waals surface area (Å²) in [7, 11) is 0. The highest BCUT2D eigenvalue weighted by molar-refractivity contribution is 6.33. The van der Waals surface area contributed by atoms with Gasteiger partial charge in [0.05, 0.1) is 16.5 Å². The number of nitro groups is 1. The van der Waals surface area contributed by atoms with Gasteiger partial charge in [-0.2, -0.15) is 0 Å². The first-order valence-corrected chi connectivity index (χ1v) is 4.97. The molecule has 0 fully saturated rings. The SMILES string of the molecule is NCc1nnc(-c2c(Cl)cccc2[N+](=O)[O-])o1. The molecule has 88 valence electrons. The lowest BCUT2D eigenvalue weighted by molar-refractivity contribution is -0.384. The zero-order valence-corrected chi connectivity index (χ0v) is 9.22. The van der Waals surface area contributed by atoms with Crippen LogP contribution in [0.5, 0.6) is 0 Å². The van der Waals surface area contributed by atoms with Crippen molar-refractivity contribution < 1.29 is 9.34 Å². The first kappa shape index (κ1) is 11.5. The maximum Gasteiger partial charge on any atom is 0.283 e. The second-order valence-corrected chi connectivity index (χ2v) is 3.50. The molecule has 0 aliphatic rings. The molecule has 0 radical (unpaired) electrons. The van der Waals surface area contributed by atoms with Gasteiger partial charge in [0.1, 0.15) is 5.56 Å². The number of hydrogen-bond donors (Lipinski definition) is 1. The predicted molar refractivity (Wildman–Crippen MR) is 59.3 cm³/mol. The number of nitro benzene ring substituents is 1. The molecule has 1 aromatic heterocycles. The lowest BCUT2D eigenvalue weighted by Gasteiger charge is -1.99. The number of benzene rings is 1. The molecule has 0 aliphatic heterocycles. The molecule has 0 bridgehead atoms. The molecule has 0 saturated carbocycles.